The second-order valence-electron chi connectivity index (χ2n) is 6.48. The van der Waals surface area contributed by atoms with E-state index in [1.54, 1.807) is 6.07 Å². The van der Waals surface area contributed by atoms with Crippen LogP contribution in [0, 0.1) is 10.1 Å². The molecule has 4 rings (SSSR count). The van der Waals surface area contributed by atoms with E-state index in [4.69, 9.17) is 16.1 Å². The second-order valence-corrected chi connectivity index (χ2v) is 6.88. The number of benzene rings is 2. The molecular weight excluding hydrogens is 368 g/mol. The first-order chi connectivity index (χ1) is 13.1. The van der Waals surface area contributed by atoms with Crippen molar-refractivity contribution in [2.75, 3.05) is 18.0 Å². The Morgan fingerprint density at radius 2 is 1.89 bits per heavy atom. The number of non-ortho nitro benzene ring substituents is 1. The van der Waals surface area contributed by atoms with E-state index in [1.165, 1.54) is 12.1 Å². The molecule has 0 amide bonds. The number of piperidine rings is 1. The van der Waals surface area contributed by atoms with Crippen LogP contribution in [0.3, 0.4) is 0 Å². The Labute approximate surface area is 160 Å². The summed E-state index contributed by atoms with van der Waals surface area (Å²) in [5, 5.41) is 15.3. The SMILES string of the molecule is O=[N+]([O-])c1ccc(N2CCC(c3nc(-c4ccccc4)no3)CC2)c(Cl)c1. The molecule has 3 aromatic rings. The summed E-state index contributed by atoms with van der Waals surface area (Å²) in [7, 11) is 0. The van der Waals surface area contributed by atoms with Crippen molar-refractivity contribution >= 4 is 23.0 Å². The number of rotatable bonds is 4. The van der Waals surface area contributed by atoms with Crippen molar-refractivity contribution < 1.29 is 9.45 Å². The Hall–Kier alpha value is -2.93. The molecule has 0 atom stereocenters. The highest BCUT2D eigenvalue weighted by atomic mass is 35.5. The van der Waals surface area contributed by atoms with Crippen LogP contribution >= 0.6 is 11.6 Å². The maximum Gasteiger partial charge on any atom is 0.271 e. The topological polar surface area (TPSA) is 85.3 Å². The Morgan fingerprint density at radius 1 is 1.15 bits per heavy atom. The molecule has 0 N–H and O–H groups in total. The number of halogens is 1. The third kappa shape index (κ3) is 3.64. The lowest BCUT2D eigenvalue weighted by Crippen LogP contribution is -2.33. The summed E-state index contributed by atoms with van der Waals surface area (Å²) in [5.41, 5.74) is 1.75. The first-order valence-corrected chi connectivity index (χ1v) is 9.07. The molecule has 0 saturated carbocycles. The summed E-state index contributed by atoms with van der Waals surface area (Å²) in [5.74, 6) is 1.46. The summed E-state index contributed by atoms with van der Waals surface area (Å²) < 4.78 is 5.48. The molecule has 1 aliphatic rings. The van der Waals surface area contributed by atoms with Gasteiger partial charge in [-0.25, -0.2) is 0 Å². The van der Waals surface area contributed by atoms with Crippen LogP contribution in [0.2, 0.25) is 5.02 Å². The van der Waals surface area contributed by atoms with Gasteiger partial charge in [-0.15, -0.1) is 0 Å². The summed E-state index contributed by atoms with van der Waals surface area (Å²) in [6.45, 7) is 1.54. The highest BCUT2D eigenvalue weighted by Gasteiger charge is 2.27. The molecule has 1 aromatic heterocycles. The van der Waals surface area contributed by atoms with Gasteiger partial charge >= 0.3 is 0 Å². The predicted molar refractivity (Wildman–Crippen MR) is 102 cm³/mol. The Kier molecular flexibility index (Phi) is 4.77. The van der Waals surface area contributed by atoms with Gasteiger partial charge in [-0.1, -0.05) is 47.1 Å². The summed E-state index contributed by atoms with van der Waals surface area (Å²) >= 11 is 6.24. The van der Waals surface area contributed by atoms with E-state index >= 15 is 0 Å². The molecule has 0 bridgehead atoms. The van der Waals surface area contributed by atoms with Gasteiger partial charge in [-0.05, 0) is 18.9 Å². The third-order valence-corrected chi connectivity index (χ3v) is 5.10. The zero-order chi connectivity index (χ0) is 18.8. The van der Waals surface area contributed by atoms with Crippen LogP contribution in [0.5, 0.6) is 0 Å². The van der Waals surface area contributed by atoms with Crippen LogP contribution in [0.1, 0.15) is 24.7 Å². The van der Waals surface area contributed by atoms with E-state index in [1.807, 2.05) is 30.3 Å². The lowest BCUT2D eigenvalue weighted by atomic mass is 9.96. The number of hydrogen-bond donors (Lipinski definition) is 0. The zero-order valence-electron chi connectivity index (χ0n) is 14.4. The van der Waals surface area contributed by atoms with Crippen LogP contribution in [-0.2, 0) is 0 Å². The number of nitrogens with zero attached hydrogens (tertiary/aromatic N) is 4. The minimum Gasteiger partial charge on any atom is -0.370 e. The molecule has 0 unspecified atom stereocenters. The van der Waals surface area contributed by atoms with E-state index < -0.39 is 4.92 Å². The van der Waals surface area contributed by atoms with Crippen LogP contribution in [0.4, 0.5) is 11.4 Å². The van der Waals surface area contributed by atoms with Crippen molar-refractivity contribution in [3.63, 3.8) is 0 Å². The number of anilines is 1. The van der Waals surface area contributed by atoms with Gasteiger partial charge in [0.1, 0.15) is 0 Å². The van der Waals surface area contributed by atoms with Crippen molar-refractivity contribution in [3.8, 4) is 11.4 Å². The number of nitro benzene ring substituents is 1. The van der Waals surface area contributed by atoms with E-state index in [2.05, 4.69) is 15.0 Å². The van der Waals surface area contributed by atoms with Crippen LogP contribution in [0.15, 0.2) is 53.1 Å². The van der Waals surface area contributed by atoms with Gasteiger partial charge in [0.15, 0.2) is 0 Å². The van der Waals surface area contributed by atoms with Crippen LogP contribution < -0.4 is 4.90 Å². The molecule has 8 heteroatoms. The number of aromatic nitrogens is 2. The molecule has 7 nitrogen and oxygen atoms in total. The van der Waals surface area contributed by atoms with Crippen LogP contribution in [-0.4, -0.2) is 28.2 Å². The Balaban J connectivity index is 1.44. The molecular formula is C19H17ClN4O3. The maximum absolute atomic E-state index is 10.9. The molecule has 1 saturated heterocycles. The quantitative estimate of drug-likeness (QED) is 0.479. The minimum atomic E-state index is -0.443. The molecule has 2 heterocycles. The van der Waals surface area contributed by atoms with E-state index in [9.17, 15) is 10.1 Å². The van der Waals surface area contributed by atoms with Gasteiger partial charge in [0.2, 0.25) is 11.7 Å². The lowest BCUT2D eigenvalue weighted by Gasteiger charge is -2.32. The first kappa shape index (κ1) is 17.5. The van der Waals surface area contributed by atoms with Crippen molar-refractivity contribution in [1.82, 2.24) is 10.1 Å². The van der Waals surface area contributed by atoms with Gasteiger partial charge in [0, 0.05) is 36.7 Å². The third-order valence-electron chi connectivity index (χ3n) is 4.80. The average Bonchev–Trinajstić information content (AvgIpc) is 3.19. The summed E-state index contributed by atoms with van der Waals surface area (Å²) in [4.78, 5) is 17.1. The predicted octanol–water partition coefficient (Wildman–Crippen LogP) is 4.68. The fraction of sp³-hybridized carbons (Fsp3) is 0.263. The summed E-state index contributed by atoms with van der Waals surface area (Å²) in [6.07, 6.45) is 1.70. The zero-order valence-corrected chi connectivity index (χ0v) is 15.2. The molecule has 1 fully saturated rings. The fourth-order valence-electron chi connectivity index (χ4n) is 3.34. The normalized spacial score (nSPS) is 15.1. The molecule has 27 heavy (non-hydrogen) atoms. The van der Waals surface area contributed by atoms with Gasteiger partial charge in [0.25, 0.3) is 5.69 Å². The minimum absolute atomic E-state index is 0.00191. The van der Waals surface area contributed by atoms with Crippen molar-refractivity contribution in [3.05, 3.63) is 69.6 Å². The van der Waals surface area contributed by atoms with E-state index in [0.717, 1.165) is 37.2 Å². The molecule has 1 aliphatic heterocycles. The Bertz CT molecular complexity index is 953. The van der Waals surface area contributed by atoms with E-state index in [-0.39, 0.29) is 11.6 Å². The van der Waals surface area contributed by atoms with Gasteiger partial charge in [0.05, 0.1) is 15.6 Å². The maximum atomic E-state index is 10.9. The number of nitro groups is 1. The first-order valence-electron chi connectivity index (χ1n) is 8.70. The molecule has 0 radical (unpaired) electrons. The number of hydrogen-bond acceptors (Lipinski definition) is 6. The van der Waals surface area contributed by atoms with Crippen molar-refractivity contribution in [2.45, 2.75) is 18.8 Å². The molecule has 0 spiro atoms. The molecule has 138 valence electrons. The largest absolute Gasteiger partial charge is 0.370 e. The van der Waals surface area contributed by atoms with Crippen LogP contribution in [0.25, 0.3) is 11.4 Å². The van der Waals surface area contributed by atoms with E-state index in [0.29, 0.717) is 16.7 Å². The van der Waals surface area contributed by atoms with Gasteiger partial charge < -0.3 is 9.42 Å². The molecule has 2 aromatic carbocycles. The van der Waals surface area contributed by atoms with Crippen molar-refractivity contribution in [2.24, 2.45) is 0 Å². The standard InChI is InChI=1S/C19H17ClN4O3/c20-16-12-15(24(25)26)6-7-17(16)23-10-8-14(9-11-23)19-21-18(22-27-19)13-4-2-1-3-5-13/h1-7,12,14H,8-11H2. The smallest absolute Gasteiger partial charge is 0.271 e. The fourth-order valence-corrected chi connectivity index (χ4v) is 3.63. The van der Waals surface area contributed by atoms with Gasteiger partial charge in [-0.3, -0.25) is 10.1 Å². The highest BCUT2D eigenvalue weighted by molar-refractivity contribution is 6.33. The Morgan fingerprint density at radius 3 is 2.56 bits per heavy atom. The monoisotopic (exact) mass is 384 g/mol. The highest BCUT2D eigenvalue weighted by Crippen LogP contribution is 2.35. The van der Waals surface area contributed by atoms with Gasteiger partial charge in [-0.2, -0.15) is 4.98 Å². The summed E-state index contributed by atoms with van der Waals surface area (Å²) in [6, 6.07) is 14.3. The lowest BCUT2D eigenvalue weighted by molar-refractivity contribution is -0.384. The second kappa shape index (κ2) is 7.36. The average molecular weight is 385 g/mol. The van der Waals surface area contributed by atoms with Crippen molar-refractivity contribution in [1.29, 1.82) is 0 Å². The molecule has 0 aliphatic carbocycles.